The molecule has 1 saturated heterocycles. The highest BCUT2D eigenvalue weighted by Crippen LogP contribution is 2.38. The molecular formula is C12H15ClN2O3. The zero-order valence-corrected chi connectivity index (χ0v) is 11.1. The van der Waals surface area contributed by atoms with Crippen LogP contribution in [0.5, 0.6) is 11.5 Å². The number of amides is 2. The SMILES string of the molecule is COc1cc(N2CCCNC2=O)c(OC)cc1Cl. The van der Waals surface area contributed by atoms with E-state index in [4.69, 9.17) is 21.1 Å². The minimum absolute atomic E-state index is 0.135. The Morgan fingerprint density at radius 3 is 2.61 bits per heavy atom. The van der Waals surface area contributed by atoms with Crippen LogP contribution >= 0.6 is 11.6 Å². The van der Waals surface area contributed by atoms with E-state index in [2.05, 4.69) is 5.32 Å². The monoisotopic (exact) mass is 270 g/mol. The molecule has 0 bridgehead atoms. The fraction of sp³-hybridized carbons (Fsp3) is 0.417. The first-order valence-corrected chi connectivity index (χ1v) is 6.02. The minimum Gasteiger partial charge on any atom is -0.495 e. The number of rotatable bonds is 3. The van der Waals surface area contributed by atoms with Gasteiger partial charge in [0.15, 0.2) is 0 Å². The van der Waals surface area contributed by atoms with E-state index < -0.39 is 0 Å². The average molecular weight is 271 g/mol. The van der Waals surface area contributed by atoms with Crippen molar-refractivity contribution < 1.29 is 14.3 Å². The number of benzene rings is 1. The van der Waals surface area contributed by atoms with Gasteiger partial charge in [-0.2, -0.15) is 0 Å². The predicted octanol–water partition coefficient (Wildman–Crippen LogP) is 2.28. The van der Waals surface area contributed by atoms with E-state index in [9.17, 15) is 4.79 Å². The van der Waals surface area contributed by atoms with Gasteiger partial charge in [0.05, 0.1) is 24.9 Å². The third kappa shape index (κ3) is 2.31. The maximum atomic E-state index is 11.8. The first-order valence-electron chi connectivity index (χ1n) is 5.64. The third-order valence-electron chi connectivity index (χ3n) is 2.82. The summed E-state index contributed by atoms with van der Waals surface area (Å²) in [5.74, 6) is 1.07. The predicted molar refractivity (Wildman–Crippen MR) is 69.9 cm³/mol. The van der Waals surface area contributed by atoms with Crippen molar-refractivity contribution in [2.24, 2.45) is 0 Å². The van der Waals surface area contributed by atoms with Gasteiger partial charge in [0, 0.05) is 25.2 Å². The lowest BCUT2D eigenvalue weighted by molar-refractivity contribution is 0.242. The molecule has 0 unspecified atom stereocenters. The maximum Gasteiger partial charge on any atom is 0.321 e. The highest BCUT2D eigenvalue weighted by Gasteiger charge is 2.23. The largest absolute Gasteiger partial charge is 0.495 e. The van der Waals surface area contributed by atoms with E-state index in [-0.39, 0.29) is 6.03 Å². The zero-order chi connectivity index (χ0) is 13.1. The molecule has 1 fully saturated rings. The number of hydrogen-bond acceptors (Lipinski definition) is 3. The van der Waals surface area contributed by atoms with E-state index >= 15 is 0 Å². The van der Waals surface area contributed by atoms with E-state index in [1.54, 1.807) is 24.1 Å². The molecule has 0 spiro atoms. The van der Waals surface area contributed by atoms with Crippen molar-refractivity contribution in [3.63, 3.8) is 0 Å². The molecule has 1 N–H and O–H groups in total. The number of anilines is 1. The maximum absolute atomic E-state index is 11.8. The van der Waals surface area contributed by atoms with Gasteiger partial charge in [-0.1, -0.05) is 11.6 Å². The van der Waals surface area contributed by atoms with Crippen molar-refractivity contribution in [3.8, 4) is 11.5 Å². The number of carbonyl (C=O) groups is 1. The molecule has 0 aromatic heterocycles. The molecule has 1 aromatic carbocycles. The Balaban J connectivity index is 2.44. The van der Waals surface area contributed by atoms with Gasteiger partial charge in [-0.3, -0.25) is 4.90 Å². The van der Waals surface area contributed by atoms with Crippen molar-refractivity contribution in [1.82, 2.24) is 5.32 Å². The summed E-state index contributed by atoms with van der Waals surface area (Å²) >= 11 is 6.03. The highest BCUT2D eigenvalue weighted by atomic mass is 35.5. The highest BCUT2D eigenvalue weighted by molar-refractivity contribution is 6.32. The van der Waals surface area contributed by atoms with Crippen LogP contribution in [0.25, 0.3) is 0 Å². The Morgan fingerprint density at radius 2 is 2.00 bits per heavy atom. The second kappa shape index (κ2) is 5.35. The molecule has 1 aromatic rings. The number of carbonyl (C=O) groups excluding carboxylic acids is 1. The Kier molecular flexibility index (Phi) is 3.81. The molecule has 2 amide bonds. The van der Waals surface area contributed by atoms with Gasteiger partial charge >= 0.3 is 6.03 Å². The van der Waals surface area contributed by atoms with Gasteiger partial charge < -0.3 is 14.8 Å². The number of hydrogen-bond donors (Lipinski definition) is 1. The van der Waals surface area contributed by atoms with Gasteiger partial charge in [0.2, 0.25) is 0 Å². The average Bonchev–Trinajstić information content (AvgIpc) is 2.39. The topological polar surface area (TPSA) is 50.8 Å². The van der Waals surface area contributed by atoms with E-state index in [1.165, 1.54) is 7.11 Å². The van der Waals surface area contributed by atoms with Crippen LogP contribution in [0.1, 0.15) is 6.42 Å². The number of ether oxygens (including phenoxy) is 2. The standard InChI is InChI=1S/C12H15ClN2O3/c1-17-10-7-9(11(18-2)6-8(10)13)15-5-3-4-14-12(15)16/h6-7H,3-5H2,1-2H3,(H,14,16). The lowest BCUT2D eigenvalue weighted by Crippen LogP contribution is -2.46. The van der Waals surface area contributed by atoms with Crippen molar-refractivity contribution in [2.45, 2.75) is 6.42 Å². The smallest absolute Gasteiger partial charge is 0.321 e. The molecule has 1 heterocycles. The van der Waals surface area contributed by atoms with Gasteiger partial charge in [-0.15, -0.1) is 0 Å². The molecule has 5 nitrogen and oxygen atoms in total. The van der Waals surface area contributed by atoms with Crippen LogP contribution in [-0.2, 0) is 0 Å². The second-order valence-electron chi connectivity index (χ2n) is 3.90. The molecule has 0 atom stereocenters. The van der Waals surface area contributed by atoms with Crippen LogP contribution < -0.4 is 19.7 Å². The van der Waals surface area contributed by atoms with Crippen molar-refractivity contribution in [2.75, 3.05) is 32.2 Å². The Bertz CT molecular complexity index is 465. The molecule has 1 aliphatic heterocycles. The van der Waals surface area contributed by atoms with Gasteiger partial charge in [-0.05, 0) is 6.42 Å². The van der Waals surface area contributed by atoms with Gasteiger partial charge in [-0.25, -0.2) is 4.79 Å². The summed E-state index contributed by atoms with van der Waals surface area (Å²) in [6, 6.07) is 3.23. The van der Waals surface area contributed by atoms with Crippen LogP contribution in [0.15, 0.2) is 12.1 Å². The third-order valence-corrected chi connectivity index (χ3v) is 3.12. The van der Waals surface area contributed by atoms with Crippen molar-refractivity contribution in [1.29, 1.82) is 0 Å². The van der Waals surface area contributed by atoms with Crippen LogP contribution in [0, 0.1) is 0 Å². The summed E-state index contributed by atoms with van der Waals surface area (Å²) in [7, 11) is 3.08. The van der Waals surface area contributed by atoms with Crippen LogP contribution in [-0.4, -0.2) is 33.3 Å². The lowest BCUT2D eigenvalue weighted by Gasteiger charge is -2.29. The summed E-state index contributed by atoms with van der Waals surface area (Å²) in [5.41, 5.74) is 0.663. The summed E-state index contributed by atoms with van der Waals surface area (Å²) in [6.45, 7) is 1.34. The summed E-state index contributed by atoms with van der Waals surface area (Å²) in [6.07, 6.45) is 0.889. The molecule has 2 rings (SSSR count). The van der Waals surface area contributed by atoms with E-state index in [1.807, 2.05) is 0 Å². The second-order valence-corrected chi connectivity index (χ2v) is 4.30. The Morgan fingerprint density at radius 1 is 1.28 bits per heavy atom. The van der Waals surface area contributed by atoms with E-state index in [0.717, 1.165) is 6.42 Å². The molecule has 6 heteroatoms. The van der Waals surface area contributed by atoms with Crippen LogP contribution in [0.2, 0.25) is 5.02 Å². The molecular weight excluding hydrogens is 256 g/mol. The fourth-order valence-electron chi connectivity index (χ4n) is 1.91. The molecule has 98 valence electrons. The number of nitrogens with zero attached hydrogens (tertiary/aromatic N) is 1. The zero-order valence-electron chi connectivity index (χ0n) is 10.3. The number of halogens is 1. The normalized spacial score (nSPS) is 15.3. The quantitative estimate of drug-likeness (QED) is 0.917. The van der Waals surface area contributed by atoms with Gasteiger partial charge in [0.25, 0.3) is 0 Å². The summed E-state index contributed by atoms with van der Waals surface area (Å²) in [4.78, 5) is 13.5. The first kappa shape index (κ1) is 12.8. The minimum atomic E-state index is -0.135. The summed E-state index contributed by atoms with van der Waals surface area (Å²) in [5, 5.41) is 3.25. The van der Waals surface area contributed by atoms with Crippen LogP contribution in [0.4, 0.5) is 10.5 Å². The fourth-order valence-corrected chi connectivity index (χ4v) is 2.15. The molecule has 0 aliphatic carbocycles. The number of methoxy groups -OCH3 is 2. The molecule has 18 heavy (non-hydrogen) atoms. The van der Waals surface area contributed by atoms with Crippen molar-refractivity contribution >= 4 is 23.3 Å². The van der Waals surface area contributed by atoms with Crippen molar-refractivity contribution in [3.05, 3.63) is 17.2 Å². The molecule has 0 radical (unpaired) electrons. The number of urea groups is 1. The van der Waals surface area contributed by atoms with Gasteiger partial charge in [0.1, 0.15) is 11.5 Å². The Hall–Kier alpha value is -1.62. The summed E-state index contributed by atoms with van der Waals surface area (Å²) < 4.78 is 10.4. The van der Waals surface area contributed by atoms with Crippen LogP contribution in [0.3, 0.4) is 0 Å². The Labute approximate surface area is 111 Å². The number of nitrogens with one attached hydrogen (secondary N) is 1. The van der Waals surface area contributed by atoms with E-state index in [0.29, 0.717) is 35.3 Å². The molecule has 0 saturated carbocycles. The lowest BCUT2D eigenvalue weighted by atomic mass is 10.2. The molecule has 1 aliphatic rings. The first-order chi connectivity index (χ1) is 8.67.